The summed E-state index contributed by atoms with van der Waals surface area (Å²) in [5.74, 6) is 2.09. The van der Waals surface area contributed by atoms with E-state index in [1.54, 1.807) is 39.4 Å². The molecule has 2 aromatic rings. The Bertz CT molecular complexity index is 1740. The van der Waals surface area contributed by atoms with Crippen LogP contribution in [0.3, 0.4) is 0 Å². The van der Waals surface area contributed by atoms with Crippen LogP contribution < -0.4 is 34.9 Å². The van der Waals surface area contributed by atoms with E-state index in [0.717, 1.165) is 37.1 Å². The molecule has 3 N–H and O–H groups in total. The van der Waals surface area contributed by atoms with E-state index in [2.05, 4.69) is 26.3 Å². The van der Waals surface area contributed by atoms with E-state index < -0.39 is 11.2 Å². The average Bonchev–Trinajstić information content (AvgIpc) is 3.80. The summed E-state index contributed by atoms with van der Waals surface area (Å²) in [5, 5.41) is 17.1. The van der Waals surface area contributed by atoms with Crippen LogP contribution in [0.4, 0.5) is 4.79 Å². The third kappa shape index (κ3) is 10.7. The lowest BCUT2D eigenvalue weighted by Crippen LogP contribution is -2.48. The number of rotatable bonds is 10. The molecular formula is C39H54N6O10. The lowest BCUT2D eigenvalue weighted by molar-refractivity contribution is -0.115. The Hall–Kier alpha value is -5.25. The van der Waals surface area contributed by atoms with Gasteiger partial charge in [0.2, 0.25) is 0 Å². The van der Waals surface area contributed by atoms with Crippen LogP contribution in [-0.2, 0) is 37.1 Å². The monoisotopic (exact) mass is 766 g/mol. The predicted octanol–water partition coefficient (Wildman–Crippen LogP) is 4.08. The van der Waals surface area contributed by atoms with E-state index in [1.807, 2.05) is 51.1 Å². The second kappa shape index (κ2) is 17.9. The molecular weight excluding hydrogens is 712 g/mol. The zero-order valence-electron chi connectivity index (χ0n) is 32.9. The van der Waals surface area contributed by atoms with Gasteiger partial charge >= 0.3 is 6.09 Å². The fraction of sp³-hybridized carbons (Fsp3) is 0.564. The van der Waals surface area contributed by atoms with Crippen molar-refractivity contribution in [3.05, 3.63) is 47.5 Å². The maximum absolute atomic E-state index is 12.6. The number of ether oxygens (including phenoxy) is 5. The Morgan fingerprint density at radius 1 is 0.709 bits per heavy atom. The molecule has 2 fully saturated rings. The van der Waals surface area contributed by atoms with E-state index in [-0.39, 0.29) is 23.5 Å². The van der Waals surface area contributed by atoms with Crippen molar-refractivity contribution in [2.75, 3.05) is 54.6 Å². The van der Waals surface area contributed by atoms with Crippen molar-refractivity contribution in [3.8, 4) is 23.0 Å². The number of hydrogen-bond acceptors (Lipinski definition) is 13. The normalized spacial score (nSPS) is 18.1. The first-order chi connectivity index (χ1) is 26.3. The molecule has 16 nitrogen and oxygen atoms in total. The Morgan fingerprint density at radius 3 is 1.56 bits per heavy atom. The molecule has 0 bridgehead atoms. The molecule has 4 heterocycles. The summed E-state index contributed by atoms with van der Waals surface area (Å²) < 4.78 is 26.4. The fourth-order valence-electron chi connectivity index (χ4n) is 6.68. The van der Waals surface area contributed by atoms with Crippen molar-refractivity contribution in [1.82, 2.24) is 20.9 Å². The molecule has 2 spiro atoms. The van der Waals surface area contributed by atoms with Gasteiger partial charge in [0, 0.05) is 64.7 Å². The number of methoxy groups -OCH3 is 4. The Kier molecular flexibility index (Phi) is 13.3. The van der Waals surface area contributed by atoms with E-state index >= 15 is 0 Å². The van der Waals surface area contributed by atoms with Crippen LogP contribution in [0.15, 0.2) is 46.7 Å². The zero-order valence-corrected chi connectivity index (χ0v) is 32.9. The molecule has 6 rings (SSSR count). The van der Waals surface area contributed by atoms with Crippen molar-refractivity contribution >= 4 is 29.3 Å². The van der Waals surface area contributed by atoms with Crippen molar-refractivity contribution in [1.29, 1.82) is 0 Å². The second-order valence-electron chi connectivity index (χ2n) is 14.9. The van der Waals surface area contributed by atoms with Gasteiger partial charge in [-0.25, -0.2) is 4.79 Å². The first-order valence-electron chi connectivity index (χ1n) is 18.5. The summed E-state index contributed by atoms with van der Waals surface area (Å²) in [5.41, 5.74) is 1.29. The van der Waals surface area contributed by atoms with Gasteiger partial charge in [0.05, 0.1) is 28.4 Å². The van der Waals surface area contributed by atoms with Crippen LogP contribution in [0.25, 0.3) is 0 Å². The summed E-state index contributed by atoms with van der Waals surface area (Å²) in [6, 6.07) is 11.0. The van der Waals surface area contributed by atoms with E-state index in [0.29, 0.717) is 86.3 Å². The number of carbonyl (C=O) groups is 3. The summed E-state index contributed by atoms with van der Waals surface area (Å²) in [6.45, 7) is 9.07. The lowest BCUT2D eigenvalue weighted by atomic mass is 9.87. The highest BCUT2D eigenvalue weighted by Crippen LogP contribution is 2.36. The fourth-order valence-corrected chi connectivity index (χ4v) is 6.68. The number of oxime groups is 2. The Morgan fingerprint density at radius 2 is 1.15 bits per heavy atom. The molecule has 3 amide bonds. The predicted molar refractivity (Wildman–Crippen MR) is 204 cm³/mol. The summed E-state index contributed by atoms with van der Waals surface area (Å²) >= 11 is 0. The SMILES string of the molecule is COc1ccc(CNC(=O)C2=NOC3(CCN(C(=O)OC(C)(C)C)CC3)C2)cc1OC.COc1ccc(CNC(=O)C2=NOC3(CCNCC3)C2)cc1OC. The van der Waals surface area contributed by atoms with Crippen LogP contribution in [0, 0.1) is 0 Å². The Balaban J connectivity index is 0.000000218. The number of amides is 3. The molecule has 2 saturated heterocycles. The number of benzene rings is 2. The van der Waals surface area contributed by atoms with Crippen molar-refractivity contribution < 1.29 is 47.7 Å². The number of carbonyl (C=O) groups excluding carboxylic acids is 3. The van der Waals surface area contributed by atoms with Gasteiger partial charge < -0.3 is 54.2 Å². The van der Waals surface area contributed by atoms with Crippen LogP contribution in [0.5, 0.6) is 23.0 Å². The first-order valence-corrected chi connectivity index (χ1v) is 18.5. The highest BCUT2D eigenvalue weighted by Gasteiger charge is 2.45. The van der Waals surface area contributed by atoms with Crippen molar-refractivity contribution in [3.63, 3.8) is 0 Å². The first kappa shape index (κ1) is 40.9. The third-order valence-electron chi connectivity index (χ3n) is 9.85. The molecule has 16 heteroatoms. The zero-order chi connectivity index (χ0) is 39.6. The van der Waals surface area contributed by atoms with Crippen molar-refractivity contribution in [2.45, 2.75) is 89.2 Å². The summed E-state index contributed by atoms with van der Waals surface area (Å²) in [7, 11) is 6.32. The van der Waals surface area contributed by atoms with E-state index in [9.17, 15) is 14.4 Å². The highest BCUT2D eigenvalue weighted by atomic mass is 16.7. The lowest BCUT2D eigenvalue weighted by Gasteiger charge is -2.37. The van der Waals surface area contributed by atoms with Gasteiger partial charge in [-0.15, -0.1) is 0 Å². The number of hydrogen-bond donors (Lipinski definition) is 3. The van der Waals surface area contributed by atoms with Gasteiger partial charge in [-0.05, 0) is 69.3 Å². The molecule has 55 heavy (non-hydrogen) atoms. The second-order valence-corrected chi connectivity index (χ2v) is 14.9. The van der Waals surface area contributed by atoms with Crippen LogP contribution >= 0.6 is 0 Å². The third-order valence-corrected chi connectivity index (χ3v) is 9.85. The van der Waals surface area contributed by atoms with Gasteiger partial charge in [0.15, 0.2) is 23.0 Å². The van der Waals surface area contributed by atoms with E-state index in [4.69, 9.17) is 33.4 Å². The maximum atomic E-state index is 12.6. The molecule has 300 valence electrons. The number of nitrogens with zero attached hydrogens (tertiary/aromatic N) is 3. The van der Waals surface area contributed by atoms with Gasteiger partial charge in [-0.2, -0.15) is 0 Å². The van der Waals surface area contributed by atoms with Crippen LogP contribution in [0.1, 0.15) is 70.4 Å². The molecule has 2 aromatic carbocycles. The van der Waals surface area contributed by atoms with Crippen LogP contribution in [0.2, 0.25) is 0 Å². The van der Waals surface area contributed by atoms with Crippen molar-refractivity contribution in [2.24, 2.45) is 10.3 Å². The average molecular weight is 767 g/mol. The van der Waals surface area contributed by atoms with E-state index in [1.165, 1.54) is 0 Å². The van der Waals surface area contributed by atoms with Crippen LogP contribution in [-0.4, -0.2) is 106 Å². The number of piperidine rings is 2. The molecule has 0 aromatic heterocycles. The highest BCUT2D eigenvalue weighted by molar-refractivity contribution is 6.39. The van der Waals surface area contributed by atoms with Gasteiger partial charge in [0.25, 0.3) is 11.8 Å². The smallest absolute Gasteiger partial charge is 0.410 e. The van der Waals surface area contributed by atoms with Gasteiger partial charge in [0.1, 0.15) is 28.2 Å². The number of nitrogens with one attached hydrogen (secondary N) is 3. The number of likely N-dealkylation sites (tertiary alicyclic amines) is 1. The summed E-state index contributed by atoms with van der Waals surface area (Å²) in [4.78, 5) is 50.1. The largest absolute Gasteiger partial charge is 0.493 e. The topological polar surface area (TPSA) is 180 Å². The van der Waals surface area contributed by atoms with Gasteiger partial charge in [-0.3, -0.25) is 9.59 Å². The molecule has 0 unspecified atom stereocenters. The quantitative estimate of drug-likeness (QED) is 0.317. The minimum Gasteiger partial charge on any atom is -0.493 e. The summed E-state index contributed by atoms with van der Waals surface area (Å²) in [6.07, 6.45) is 3.63. The minimum atomic E-state index is -0.533. The minimum absolute atomic E-state index is 0.180. The standard InChI is InChI=1S/C22H31N3O6.C17H23N3O4/c1-21(2,3)30-20(27)25-10-8-22(9-11-25)13-16(24-31-22)19(26)23-14-15-6-7-17(28-4)18(12-15)29-5;1-22-14-4-3-12(9-15(14)23-2)11-19-16(21)13-10-17(24-20-13)5-7-18-8-6-17/h6-7,12H,8-11,13-14H2,1-5H3,(H,23,26);3-4,9,18H,5-8,10-11H2,1-2H3,(H,19,21). The van der Waals surface area contributed by atoms with Gasteiger partial charge in [-0.1, -0.05) is 22.4 Å². The molecule has 4 aliphatic rings. The molecule has 0 radical (unpaired) electrons. The Labute approximate surface area is 322 Å². The maximum Gasteiger partial charge on any atom is 0.410 e. The molecule has 4 aliphatic heterocycles. The molecule has 0 atom stereocenters. The molecule has 0 saturated carbocycles. The molecule has 0 aliphatic carbocycles.